The maximum atomic E-state index is 10.8. The second kappa shape index (κ2) is 3.50. The summed E-state index contributed by atoms with van der Waals surface area (Å²) in [5.41, 5.74) is 0.554. The normalized spacial score (nSPS) is 11.6. The van der Waals surface area contributed by atoms with Crippen LogP contribution in [0.1, 0.15) is 24.3 Å². The maximum absolute atomic E-state index is 10.8. The van der Waals surface area contributed by atoms with E-state index in [1.54, 1.807) is 25.2 Å². The van der Waals surface area contributed by atoms with Gasteiger partial charge in [0.1, 0.15) is 0 Å². The Morgan fingerprint density at radius 1 is 1.62 bits per heavy atom. The summed E-state index contributed by atoms with van der Waals surface area (Å²) in [6.45, 7) is 5.53. The number of carbonyl (C=O) groups is 1. The first kappa shape index (κ1) is 10.3. The van der Waals surface area contributed by atoms with E-state index in [1.165, 1.54) is 5.56 Å². The van der Waals surface area contributed by atoms with E-state index in [0.29, 0.717) is 6.42 Å². The Balaban J connectivity index is 2.74. The highest BCUT2D eigenvalue weighted by atomic mass is 32.1. The molecule has 1 N–H and O–H groups in total. The molecule has 0 saturated heterocycles. The number of rotatable bonds is 3. The van der Waals surface area contributed by atoms with Crippen LogP contribution in [0.5, 0.6) is 0 Å². The molecule has 0 bridgehead atoms. The monoisotopic (exact) mass is 198 g/mol. The van der Waals surface area contributed by atoms with Gasteiger partial charge in [0.25, 0.3) is 0 Å². The summed E-state index contributed by atoms with van der Waals surface area (Å²) in [4.78, 5) is 12.0. The second-order valence-corrected chi connectivity index (χ2v) is 4.95. The SMILES string of the molecule is Cc1csc(CC(C)(C)C(=O)O)c1. The third-order valence-corrected chi connectivity index (χ3v) is 3.03. The van der Waals surface area contributed by atoms with Crippen molar-refractivity contribution in [1.82, 2.24) is 0 Å². The van der Waals surface area contributed by atoms with Gasteiger partial charge in [0, 0.05) is 4.88 Å². The van der Waals surface area contributed by atoms with Gasteiger partial charge in [0.05, 0.1) is 5.41 Å². The first-order valence-corrected chi connectivity index (χ1v) is 5.07. The molecule has 0 aliphatic carbocycles. The van der Waals surface area contributed by atoms with Gasteiger partial charge in [-0.2, -0.15) is 0 Å². The van der Waals surface area contributed by atoms with Crippen LogP contribution in [0.2, 0.25) is 0 Å². The zero-order valence-electron chi connectivity index (χ0n) is 8.13. The lowest BCUT2D eigenvalue weighted by Gasteiger charge is -2.17. The molecule has 0 atom stereocenters. The molecule has 72 valence electrons. The molecule has 1 heterocycles. The molecule has 0 unspecified atom stereocenters. The lowest BCUT2D eigenvalue weighted by atomic mass is 9.89. The summed E-state index contributed by atoms with van der Waals surface area (Å²) < 4.78 is 0. The second-order valence-electron chi connectivity index (χ2n) is 3.96. The minimum absolute atomic E-state index is 0.612. The van der Waals surface area contributed by atoms with Crippen molar-refractivity contribution in [3.05, 3.63) is 21.9 Å². The molecule has 0 spiro atoms. The first-order valence-electron chi connectivity index (χ1n) is 4.19. The van der Waals surface area contributed by atoms with Crippen LogP contribution in [0.15, 0.2) is 11.4 Å². The van der Waals surface area contributed by atoms with Gasteiger partial charge in [0.2, 0.25) is 0 Å². The quantitative estimate of drug-likeness (QED) is 0.810. The highest BCUT2D eigenvalue weighted by Gasteiger charge is 2.27. The lowest BCUT2D eigenvalue weighted by Crippen LogP contribution is -2.25. The van der Waals surface area contributed by atoms with Crippen molar-refractivity contribution in [2.45, 2.75) is 27.2 Å². The molecule has 1 aromatic rings. The van der Waals surface area contributed by atoms with E-state index < -0.39 is 11.4 Å². The molecule has 1 rings (SSSR count). The Labute approximate surface area is 82.2 Å². The average molecular weight is 198 g/mol. The van der Waals surface area contributed by atoms with Crippen molar-refractivity contribution in [2.75, 3.05) is 0 Å². The number of hydrogen-bond donors (Lipinski definition) is 1. The Hall–Kier alpha value is -0.830. The molecule has 0 fully saturated rings. The van der Waals surface area contributed by atoms with E-state index in [2.05, 4.69) is 6.07 Å². The van der Waals surface area contributed by atoms with E-state index in [1.807, 2.05) is 12.3 Å². The molecule has 0 radical (unpaired) electrons. The Morgan fingerprint density at radius 2 is 2.23 bits per heavy atom. The highest BCUT2D eigenvalue weighted by molar-refractivity contribution is 7.10. The zero-order valence-corrected chi connectivity index (χ0v) is 8.94. The van der Waals surface area contributed by atoms with Gasteiger partial charge in [0.15, 0.2) is 0 Å². The highest BCUT2D eigenvalue weighted by Crippen LogP contribution is 2.25. The van der Waals surface area contributed by atoms with Crippen LogP contribution >= 0.6 is 11.3 Å². The standard InChI is InChI=1S/C10H14O2S/c1-7-4-8(13-6-7)5-10(2,3)9(11)12/h4,6H,5H2,1-3H3,(H,11,12). The number of aryl methyl sites for hydroxylation is 1. The summed E-state index contributed by atoms with van der Waals surface area (Å²) in [6, 6.07) is 2.05. The van der Waals surface area contributed by atoms with E-state index in [4.69, 9.17) is 5.11 Å². The summed E-state index contributed by atoms with van der Waals surface area (Å²) >= 11 is 1.63. The third kappa shape index (κ3) is 2.56. The largest absolute Gasteiger partial charge is 0.481 e. The van der Waals surface area contributed by atoms with Crippen LogP contribution in [-0.2, 0) is 11.2 Å². The number of carboxylic acids is 1. The van der Waals surface area contributed by atoms with Gasteiger partial charge in [-0.1, -0.05) is 0 Å². The zero-order chi connectivity index (χ0) is 10.1. The van der Waals surface area contributed by atoms with Crippen molar-refractivity contribution < 1.29 is 9.90 Å². The number of carboxylic acid groups (broad SMARTS) is 1. The fourth-order valence-corrected chi connectivity index (χ4v) is 2.20. The molecular formula is C10H14O2S. The van der Waals surface area contributed by atoms with Crippen LogP contribution < -0.4 is 0 Å². The fraction of sp³-hybridized carbons (Fsp3) is 0.500. The molecular weight excluding hydrogens is 184 g/mol. The van der Waals surface area contributed by atoms with Gasteiger partial charge in [-0.25, -0.2) is 0 Å². The minimum Gasteiger partial charge on any atom is -0.481 e. The molecule has 0 aliphatic rings. The average Bonchev–Trinajstić information content (AvgIpc) is 2.34. The lowest BCUT2D eigenvalue weighted by molar-refractivity contribution is -0.146. The summed E-state index contributed by atoms with van der Waals surface area (Å²) in [6.07, 6.45) is 0.612. The van der Waals surface area contributed by atoms with Gasteiger partial charge >= 0.3 is 5.97 Å². The van der Waals surface area contributed by atoms with Gasteiger partial charge in [-0.05, 0) is 44.2 Å². The first-order chi connectivity index (χ1) is 5.92. The topological polar surface area (TPSA) is 37.3 Å². The molecule has 2 nitrogen and oxygen atoms in total. The molecule has 0 aromatic carbocycles. The molecule has 13 heavy (non-hydrogen) atoms. The molecule has 0 aliphatic heterocycles. The van der Waals surface area contributed by atoms with Crippen LogP contribution in [-0.4, -0.2) is 11.1 Å². The van der Waals surface area contributed by atoms with Crippen molar-refractivity contribution in [2.24, 2.45) is 5.41 Å². The van der Waals surface area contributed by atoms with Crippen LogP contribution in [0.25, 0.3) is 0 Å². The molecule has 0 saturated carbocycles. The summed E-state index contributed by atoms with van der Waals surface area (Å²) in [7, 11) is 0. The maximum Gasteiger partial charge on any atom is 0.309 e. The number of thiophene rings is 1. The third-order valence-electron chi connectivity index (χ3n) is 1.98. The molecule has 0 amide bonds. The number of aliphatic carboxylic acids is 1. The fourth-order valence-electron chi connectivity index (χ4n) is 1.09. The minimum atomic E-state index is -0.737. The summed E-state index contributed by atoms with van der Waals surface area (Å²) in [5.74, 6) is -0.737. The van der Waals surface area contributed by atoms with Gasteiger partial charge in [-0.15, -0.1) is 11.3 Å². The molecule has 1 aromatic heterocycles. The van der Waals surface area contributed by atoms with E-state index in [-0.39, 0.29) is 0 Å². The smallest absolute Gasteiger partial charge is 0.309 e. The Morgan fingerprint density at radius 3 is 2.62 bits per heavy atom. The van der Waals surface area contributed by atoms with E-state index >= 15 is 0 Å². The predicted octanol–water partition coefficient (Wildman–Crippen LogP) is 2.71. The summed E-state index contributed by atoms with van der Waals surface area (Å²) in [5, 5.41) is 11.0. The Kier molecular flexibility index (Phi) is 2.76. The van der Waals surface area contributed by atoms with Crippen LogP contribution in [0.3, 0.4) is 0 Å². The van der Waals surface area contributed by atoms with E-state index in [9.17, 15) is 4.79 Å². The van der Waals surface area contributed by atoms with Crippen molar-refractivity contribution in [3.8, 4) is 0 Å². The van der Waals surface area contributed by atoms with Crippen LogP contribution in [0, 0.1) is 12.3 Å². The van der Waals surface area contributed by atoms with Crippen molar-refractivity contribution in [3.63, 3.8) is 0 Å². The van der Waals surface area contributed by atoms with Gasteiger partial charge < -0.3 is 5.11 Å². The number of hydrogen-bond acceptors (Lipinski definition) is 2. The van der Waals surface area contributed by atoms with E-state index in [0.717, 1.165) is 4.88 Å². The Bertz CT molecular complexity index is 312. The van der Waals surface area contributed by atoms with Gasteiger partial charge in [-0.3, -0.25) is 4.79 Å². The predicted molar refractivity (Wildman–Crippen MR) is 54.2 cm³/mol. The van der Waals surface area contributed by atoms with Crippen molar-refractivity contribution >= 4 is 17.3 Å². The van der Waals surface area contributed by atoms with Crippen LogP contribution in [0.4, 0.5) is 0 Å². The molecule has 3 heteroatoms. The van der Waals surface area contributed by atoms with Crippen molar-refractivity contribution in [1.29, 1.82) is 0 Å².